The number of rotatable bonds is 3. The van der Waals surface area contributed by atoms with E-state index in [2.05, 4.69) is 25.1 Å². The molecule has 0 aliphatic heterocycles. The molecule has 0 bridgehead atoms. The lowest BCUT2D eigenvalue weighted by molar-refractivity contribution is 0.570. The Morgan fingerprint density at radius 1 is 1.42 bits per heavy atom. The van der Waals surface area contributed by atoms with E-state index in [1.54, 1.807) is 0 Å². The minimum atomic E-state index is 0.753. The molecule has 64 valence electrons. The molecule has 12 heavy (non-hydrogen) atoms. The number of hydrogen-bond donors (Lipinski definition) is 0. The summed E-state index contributed by atoms with van der Waals surface area (Å²) < 4.78 is 5.38. The summed E-state index contributed by atoms with van der Waals surface area (Å²) in [4.78, 5) is 0. The summed E-state index contributed by atoms with van der Waals surface area (Å²) in [7, 11) is 0.753. The standard InChI is InChI=1S/C10H14OSi/c1-2-6-10(11-12)9-7-4-3-5-8-9/h3-8H,2H2,1,12H3. The Morgan fingerprint density at radius 2 is 2.08 bits per heavy atom. The summed E-state index contributed by atoms with van der Waals surface area (Å²) in [6.07, 6.45) is 3.13. The monoisotopic (exact) mass is 178 g/mol. The Bertz CT molecular complexity index is 254. The molecule has 0 saturated heterocycles. The maximum atomic E-state index is 5.38. The van der Waals surface area contributed by atoms with Gasteiger partial charge in [0.25, 0.3) is 0 Å². The van der Waals surface area contributed by atoms with Gasteiger partial charge in [0, 0.05) is 5.56 Å². The maximum Gasteiger partial charge on any atom is 0.204 e. The third-order valence-electron chi connectivity index (χ3n) is 1.67. The lowest BCUT2D eigenvalue weighted by Crippen LogP contribution is -1.87. The molecule has 1 aromatic carbocycles. The van der Waals surface area contributed by atoms with Crippen LogP contribution in [0.2, 0.25) is 0 Å². The second-order valence-electron chi connectivity index (χ2n) is 2.55. The fourth-order valence-corrected chi connectivity index (χ4v) is 1.51. The summed E-state index contributed by atoms with van der Waals surface area (Å²) >= 11 is 0. The van der Waals surface area contributed by atoms with E-state index in [0.29, 0.717) is 0 Å². The highest BCUT2D eigenvalue weighted by molar-refractivity contribution is 6.01. The molecule has 0 radical (unpaired) electrons. The summed E-state index contributed by atoms with van der Waals surface area (Å²) in [6, 6.07) is 10.2. The zero-order valence-electron chi connectivity index (χ0n) is 7.58. The molecule has 1 aromatic rings. The second kappa shape index (κ2) is 4.77. The first kappa shape index (κ1) is 9.07. The molecule has 0 saturated carbocycles. The molecule has 1 rings (SSSR count). The fraction of sp³-hybridized carbons (Fsp3) is 0.200. The average Bonchev–Trinajstić information content (AvgIpc) is 2.15. The van der Waals surface area contributed by atoms with Crippen LogP contribution in [0.1, 0.15) is 18.9 Å². The Kier molecular flexibility index (Phi) is 3.61. The highest BCUT2D eigenvalue weighted by Crippen LogP contribution is 2.14. The van der Waals surface area contributed by atoms with Gasteiger partial charge < -0.3 is 4.43 Å². The van der Waals surface area contributed by atoms with Gasteiger partial charge in [0.05, 0.1) is 0 Å². The minimum Gasteiger partial charge on any atom is -0.553 e. The van der Waals surface area contributed by atoms with E-state index in [-0.39, 0.29) is 0 Å². The molecule has 0 spiro atoms. The normalized spacial score (nSPS) is 11.6. The third-order valence-corrected chi connectivity index (χ3v) is 2.11. The summed E-state index contributed by atoms with van der Waals surface area (Å²) in [6.45, 7) is 2.11. The lowest BCUT2D eigenvalue weighted by Gasteiger charge is -2.05. The largest absolute Gasteiger partial charge is 0.553 e. The minimum absolute atomic E-state index is 0.753. The quantitative estimate of drug-likeness (QED) is 0.506. The van der Waals surface area contributed by atoms with Crippen LogP contribution in [-0.2, 0) is 4.43 Å². The van der Waals surface area contributed by atoms with E-state index in [1.165, 1.54) is 5.56 Å². The van der Waals surface area contributed by atoms with Gasteiger partial charge >= 0.3 is 0 Å². The van der Waals surface area contributed by atoms with Crippen molar-refractivity contribution < 1.29 is 4.43 Å². The van der Waals surface area contributed by atoms with Gasteiger partial charge in [0.2, 0.25) is 10.5 Å². The molecule has 0 aromatic heterocycles. The maximum absolute atomic E-state index is 5.38. The van der Waals surface area contributed by atoms with Crippen molar-refractivity contribution in [1.29, 1.82) is 0 Å². The lowest BCUT2D eigenvalue weighted by atomic mass is 10.2. The zero-order valence-corrected chi connectivity index (χ0v) is 9.58. The number of benzene rings is 1. The topological polar surface area (TPSA) is 9.23 Å². The van der Waals surface area contributed by atoms with Crippen molar-refractivity contribution in [2.45, 2.75) is 13.3 Å². The van der Waals surface area contributed by atoms with Crippen LogP contribution in [-0.4, -0.2) is 10.5 Å². The van der Waals surface area contributed by atoms with Crippen molar-refractivity contribution in [3.63, 3.8) is 0 Å². The van der Waals surface area contributed by atoms with Crippen molar-refractivity contribution >= 4 is 16.2 Å². The average molecular weight is 178 g/mol. The fourth-order valence-electron chi connectivity index (χ4n) is 1.11. The summed E-state index contributed by atoms with van der Waals surface area (Å²) in [5.41, 5.74) is 1.18. The van der Waals surface area contributed by atoms with Crippen LogP contribution in [0.3, 0.4) is 0 Å². The van der Waals surface area contributed by atoms with Crippen LogP contribution in [0.25, 0.3) is 5.76 Å². The van der Waals surface area contributed by atoms with E-state index in [9.17, 15) is 0 Å². The molecule has 0 aliphatic rings. The van der Waals surface area contributed by atoms with E-state index in [0.717, 1.165) is 22.7 Å². The van der Waals surface area contributed by atoms with E-state index >= 15 is 0 Å². The summed E-state index contributed by atoms with van der Waals surface area (Å²) in [5, 5.41) is 0. The molecular weight excluding hydrogens is 164 g/mol. The van der Waals surface area contributed by atoms with E-state index < -0.39 is 0 Å². The predicted molar refractivity (Wildman–Crippen MR) is 55.7 cm³/mol. The molecule has 1 nitrogen and oxygen atoms in total. The molecule has 0 atom stereocenters. The summed E-state index contributed by atoms with van der Waals surface area (Å²) in [5.74, 6) is 1.02. The van der Waals surface area contributed by atoms with Gasteiger partial charge in [-0.2, -0.15) is 0 Å². The van der Waals surface area contributed by atoms with Crippen LogP contribution < -0.4 is 0 Å². The molecule has 0 fully saturated rings. The predicted octanol–water partition coefficient (Wildman–Crippen LogP) is 1.73. The van der Waals surface area contributed by atoms with E-state index in [4.69, 9.17) is 4.43 Å². The first-order valence-corrected chi connectivity index (χ1v) is 4.99. The number of allylic oxidation sites excluding steroid dienone is 1. The van der Waals surface area contributed by atoms with Crippen molar-refractivity contribution in [3.05, 3.63) is 42.0 Å². The van der Waals surface area contributed by atoms with Crippen LogP contribution in [0.5, 0.6) is 0 Å². The van der Waals surface area contributed by atoms with Gasteiger partial charge in [-0.25, -0.2) is 0 Å². The molecule has 0 heterocycles. The SMILES string of the molecule is CCC=C(O[SiH3])c1ccccc1. The Balaban J connectivity index is 2.88. The van der Waals surface area contributed by atoms with Gasteiger partial charge in [-0.1, -0.05) is 37.3 Å². The van der Waals surface area contributed by atoms with Crippen LogP contribution in [0.15, 0.2) is 36.4 Å². The Hall–Kier alpha value is -1.02. The van der Waals surface area contributed by atoms with Crippen molar-refractivity contribution in [2.75, 3.05) is 0 Å². The smallest absolute Gasteiger partial charge is 0.204 e. The van der Waals surface area contributed by atoms with Crippen molar-refractivity contribution in [2.24, 2.45) is 0 Å². The highest BCUT2D eigenvalue weighted by atomic mass is 28.2. The van der Waals surface area contributed by atoms with Gasteiger partial charge in [0.1, 0.15) is 5.76 Å². The number of hydrogen-bond acceptors (Lipinski definition) is 1. The van der Waals surface area contributed by atoms with Gasteiger partial charge in [-0.05, 0) is 12.5 Å². The van der Waals surface area contributed by atoms with Crippen LogP contribution in [0.4, 0.5) is 0 Å². The van der Waals surface area contributed by atoms with Gasteiger partial charge in [-0.15, -0.1) is 0 Å². The van der Waals surface area contributed by atoms with Gasteiger partial charge in [-0.3, -0.25) is 0 Å². The van der Waals surface area contributed by atoms with Gasteiger partial charge in [0.15, 0.2) is 0 Å². The molecule has 2 heteroatoms. The first-order chi connectivity index (χ1) is 5.88. The van der Waals surface area contributed by atoms with Crippen LogP contribution >= 0.6 is 0 Å². The molecule has 0 unspecified atom stereocenters. The second-order valence-corrected chi connectivity index (χ2v) is 2.96. The highest BCUT2D eigenvalue weighted by Gasteiger charge is 1.96. The van der Waals surface area contributed by atoms with E-state index in [1.807, 2.05) is 18.2 Å². The molecule has 0 aliphatic carbocycles. The Morgan fingerprint density at radius 3 is 2.58 bits per heavy atom. The molecule has 0 amide bonds. The third kappa shape index (κ3) is 2.24. The van der Waals surface area contributed by atoms with Crippen molar-refractivity contribution in [1.82, 2.24) is 0 Å². The van der Waals surface area contributed by atoms with Crippen LogP contribution in [0, 0.1) is 0 Å². The molecule has 0 N–H and O–H groups in total. The first-order valence-electron chi connectivity index (χ1n) is 4.18. The molecular formula is C10H14OSi. The zero-order chi connectivity index (χ0) is 8.81. The van der Waals surface area contributed by atoms with Crippen molar-refractivity contribution in [3.8, 4) is 0 Å². The Labute approximate surface area is 76.6 Å².